The molecule has 2 N–H and O–H groups in total. The highest BCUT2D eigenvalue weighted by molar-refractivity contribution is 9.10. The van der Waals surface area contributed by atoms with Gasteiger partial charge in [-0.25, -0.2) is 0 Å². The van der Waals surface area contributed by atoms with Crippen molar-refractivity contribution in [1.82, 2.24) is 5.32 Å². The van der Waals surface area contributed by atoms with E-state index in [0.717, 1.165) is 18.5 Å². The van der Waals surface area contributed by atoms with Crippen LogP contribution in [-0.4, -0.2) is 18.8 Å². The lowest BCUT2D eigenvalue weighted by atomic mass is 10.0. The third-order valence-corrected chi connectivity index (χ3v) is 3.34. The smallest absolute Gasteiger partial charge is 0.172 e. The van der Waals surface area contributed by atoms with Gasteiger partial charge in [-0.2, -0.15) is 0 Å². The van der Waals surface area contributed by atoms with Crippen LogP contribution in [-0.2, 0) is 0 Å². The number of phenolic OH excluding ortho intramolecular Hbond substituents is 1. The van der Waals surface area contributed by atoms with Gasteiger partial charge < -0.3 is 15.2 Å². The summed E-state index contributed by atoms with van der Waals surface area (Å²) < 4.78 is 5.80. The molecule has 1 aliphatic rings. The summed E-state index contributed by atoms with van der Waals surface area (Å²) >= 11 is 3.33. The summed E-state index contributed by atoms with van der Waals surface area (Å²) in [6.45, 7) is 1.06. The van der Waals surface area contributed by atoms with Crippen molar-refractivity contribution < 1.29 is 9.84 Å². The minimum absolute atomic E-state index is 0.166. The quantitative estimate of drug-likeness (QED) is 0.869. The fourth-order valence-corrected chi connectivity index (χ4v) is 2.38. The highest BCUT2D eigenvalue weighted by atomic mass is 79.9. The van der Waals surface area contributed by atoms with Gasteiger partial charge in [0, 0.05) is 6.04 Å². The Bertz CT molecular complexity index is 362. The van der Waals surface area contributed by atoms with E-state index < -0.39 is 0 Å². The normalized spacial score (nSPS) is 20.5. The van der Waals surface area contributed by atoms with Gasteiger partial charge in [-0.1, -0.05) is 0 Å². The zero-order chi connectivity index (χ0) is 10.8. The maximum Gasteiger partial charge on any atom is 0.172 e. The Morgan fingerprint density at radius 1 is 1.53 bits per heavy atom. The first-order chi connectivity index (χ1) is 7.22. The van der Waals surface area contributed by atoms with Gasteiger partial charge in [-0.05, 0) is 53.0 Å². The van der Waals surface area contributed by atoms with Gasteiger partial charge in [0.25, 0.3) is 0 Å². The zero-order valence-corrected chi connectivity index (χ0v) is 10.2. The van der Waals surface area contributed by atoms with Crippen LogP contribution < -0.4 is 10.1 Å². The van der Waals surface area contributed by atoms with Crippen LogP contribution >= 0.6 is 15.9 Å². The van der Waals surface area contributed by atoms with Gasteiger partial charge in [0.15, 0.2) is 11.5 Å². The molecule has 3 nitrogen and oxygen atoms in total. The molecule has 0 bridgehead atoms. The summed E-state index contributed by atoms with van der Waals surface area (Å²) in [5.41, 5.74) is 1.16. The lowest BCUT2D eigenvalue weighted by Gasteiger charge is -2.14. The molecule has 82 valence electrons. The highest BCUT2D eigenvalue weighted by Gasteiger charge is 2.19. The zero-order valence-electron chi connectivity index (χ0n) is 8.59. The monoisotopic (exact) mass is 271 g/mol. The van der Waals surface area contributed by atoms with Crippen LogP contribution in [0.4, 0.5) is 0 Å². The molecule has 2 rings (SSSR count). The first kappa shape index (κ1) is 10.8. The molecule has 15 heavy (non-hydrogen) atoms. The van der Waals surface area contributed by atoms with E-state index in [1.54, 1.807) is 7.11 Å². The van der Waals surface area contributed by atoms with E-state index in [0.29, 0.717) is 16.3 Å². The molecule has 1 heterocycles. The van der Waals surface area contributed by atoms with Gasteiger partial charge in [0.2, 0.25) is 0 Å². The third kappa shape index (κ3) is 2.11. The molecule has 0 radical (unpaired) electrons. The molecular formula is C11H14BrNO2. The molecule has 1 aromatic carbocycles. The van der Waals surface area contributed by atoms with Crippen LogP contribution in [0.3, 0.4) is 0 Å². The molecule has 0 aromatic heterocycles. The average molecular weight is 272 g/mol. The standard InChI is InChI=1S/C11H14BrNO2/c1-15-10-6-7(5-8(12)11(10)14)9-3-2-4-13-9/h5-6,9,13-14H,2-4H2,1H3/t9-/m0/s1. The molecule has 0 spiro atoms. The molecule has 1 aliphatic heterocycles. The Labute approximate surface area is 97.6 Å². The molecule has 4 heteroatoms. The van der Waals surface area contributed by atoms with Crippen LogP contribution in [0, 0.1) is 0 Å². The Morgan fingerprint density at radius 3 is 2.93 bits per heavy atom. The Hall–Kier alpha value is -0.740. The molecule has 0 aliphatic carbocycles. The SMILES string of the molecule is COc1cc([C@@H]2CCCN2)cc(Br)c1O. The second-order valence-corrected chi connectivity index (χ2v) is 4.56. The summed E-state index contributed by atoms with van der Waals surface area (Å²) in [6, 6.07) is 4.22. The van der Waals surface area contributed by atoms with Crippen molar-refractivity contribution in [2.45, 2.75) is 18.9 Å². The Balaban J connectivity index is 2.35. The van der Waals surface area contributed by atoms with E-state index in [9.17, 15) is 5.11 Å². The molecule has 1 fully saturated rings. The van der Waals surface area contributed by atoms with Gasteiger partial charge in [-0.3, -0.25) is 0 Å². The van der Waals surface area contributed by atoms with Crippen LogP contribution in [0.5, 0.6) is 11.5 Å². The number of hydrogen-bond donors (Lipinski definition) is 2. The number of phenols is 1. The van der Waals surface area contributed by atoms with Gasteiger partial charge in [0.05, 0.1) is 11.6 Å². The van der Waals surface area contributed by atoms with Crippen molar-refractivity contribution in [1.29, 1.82) is 0 Å². The van der Waals surface area contributed by atoms with E-state index in [2.05, 4.69) is 21.2 Å². The Morgan fingerprint density at radius 2 is 2.33 bits per heavy atom. The van der Waals surface area contributed by atoms with Crippen molar-refractivity contribution in [2.75, 3.05) is 13.7 Å². The minimum Gasteiger partial charge on any atom is -0.503 e. The molecule has 0 amide bonds. The number of halogens is 1. The molecule has 1 aromatic rings. The summed E-state index contributed by atoms with van der Waals surface area (Å²) in [5, 5.41) is 13.1. The number of methoxy groups -OCH3 is 1. The summed E-state index contributed by atoms with van der Waals surface area (Å²) in [4.78, 5) is 0. The topological polar surface area (TPSA) is 41.5 Å². The number of ether oxygens (including phenoxy) is 1. The predicted molar refractivity (Wildman–Crippen MR) is 62.3 cm³/mol. The van der Waals surface area contributed by atoms with Crippen molar-refractivity contribution in [3.63, 3.8) is 0 Å². The third-order valence-electron chi connectivity index (χ3n) is 2.73. The second kappa shape index (κ2) is 4.41. The maximum atomic E-state index is 9.67. The molecule has 0 saturated carbocycles. The maximum absolute atomic E-state index is 9.67. The fourth-order valence-electron chi connectivity index (χ4n) is 1.92. The predicted octanol–water partition coefficient (Wildman–Crippen LogP) is 2.59. The number of benzene rings is 1. The van der Waals surface area contributed by atoms with Crippen molar-refractivity contribution >= 4 is 15.9 Å². The van der Waals surface area contributed by atoms with Gasteiger partial charge in [-0.15, -0.1) is 0 Å². The first-order valence-corrected chi connectivity index (χ1v) is 5.81. The Kier molecular flexibility index (Phi) is 3.17. The first-order valence-electron chi connectivity index (χ1n) is 5.02. The number of rotatable bonds is 2. The lowest BCUT2D eigenvalue weighted by Crippen LogP contribution is -2.12. The lowest BCUT2D eigenvalue weighted by molar-refractivity contribution is 0.370. The van der Waals surface area contributed by atoms with E-state index >= 15 is 0 Å². The van der Waals surface area contributed by atoms with Crippen molar-refractivity contribution in [2.24, 2.45) is 0 Å². The van der Waals surface area contributed by atoms with E-state index in [4.69, 9.17) is 4.74 Å². The minimum atomic E-state index is 0.166. The molecular weight excluding hydrogens is 258 g/mol. The van der Waals surface area contributed by atoms with E-state index in [1.165, 1.54) is 6.42 Å². The van der Waals surface area contributed by atoms with Crippen molar-refractivity contribution in [3.05, 3.63) is 22.2 Å². The number of nitrogens with one attached hydrogen (secondary N) is 1. The van der Waals surface area contributed by atoms with E-state index in [-0.39, 0.29) is 5.75 Å². The molecule has 1 atom stereocenters. The largest absolute Gasteiger partial charge is 0.503 e. The van der Waals surface area contributed by atoms with Gasteiger partial charge >= 0.3 is 0 Å². The van der Waals surface area contributed by atoms with Crippen LogP contribution in [0.1, 0.15) is 24.4 Å². The summed E-state index contributed by atoms with van der Waals surface area (Å²) in [7, 11) is 1.56. The second-order valence-electron chi connectivity index (χ2n) is 3.70. The van der Waals surface area contributed by atoms with Gasteiger partial charge in [0.1, 0.15) is 0 Å². The van der Waals surface area contributed by atoms with Crippen LogP contribution in [0.15, 0.2) is 16.6 Å². The van der Waals surface area contributed by atoms with E-state index in [1.807, 2.05) is 12.1 Å². The molecule has 1 saturated heterocycles. The van der Waals surface area contributed by atoms with Crippen LogP contribution in [0.25, 0.3) is 0 Å². The summed E-state index contributed by atoms with van der Waals surface area (Å²) in [5.74, 6) is 0.687. The van der Waals surface area contributed by atoms with Crippen LogP contribution in [0.2, 0.25) is 0 Å². The molecule has 0 unspecified atom stereocenters. The number of hydrogen-bond acceptors (Lipinski definition) is 3. The average Bonchev–Trinajstić information content (AvgIpc) is 2.75. The highest BCUT2D eigenvalue weighted by Crippen LogP contribution is 2.38. The fraction of sp³-hybridized carbons (Fsp3) is 0.455. The van der Waals surface area contributed by atoms with Crippen molar-refractivity contribution in [3.8, 4) is 11.5 Å². The number of aromatic hydroxyl groups is 1. The summed E-state index contributed by atoms with van der Waals surface area (Å²) in [6.07, 6.45) is 2.34.